The average Bonchev–Trinajstić information content (AvgIpc) is 3.22. The van der Waals surface area contributed by atoms with Crippen LogP contribution in [0.1, 0.15) is 58.6 Å². The Bertz CT molecular complexity index is 1130. The van der Waals surface area contributed by atoms with Gasteiger partial charge in [-0.05, 0) is 66.6 Å². The maximum absolute atomic E-state index is 12.8. The van der Waals surface area contributed by atoms with E-state index in [1.807, 2.05) is 0 Å². The van der Waals surface area contributed by atoms with Gasteiger partial charge < -0.3 is 9.80 Å². The van der Waals surface area contributed by atoms with Crippen LogP contribution in [0.4, 0.5) is 5.69 Å². The lowest BCUT2D eigenvalue weighted by atomic mass is 9.85. The van der Waals surface area contributed by atoms with E-state index in [-0.39, 0.29) is 5.91 Å². The van der Waals surface area contributed by atoms with Crippen molar-refractivity contribution in [2.45, 2.75) is 38.1 Å². The second kappa shape index (κ2) is 10.5. The van der Waals surface area contributed by atoms with Gasteiger partial charge in [0, 0.05) is 56.4 Å². The molecule has 3 aromatic carbocycles. The lowest BCUT2D eigenvalue weighted by Crippen LogP contribution is -2.46. The molecule has 4 nitrogen and oxygen atoms in total. The predicted molar refractivity (Wildman–Crippen MR) is 147 cm³/mol. The highest BCUT2D eigenvalue weighted by Crippen LogP contribution is 2.33. The van der Waals surface area contributed by atoms with Gasteiger partial charge in [-0.3, -0.25) is 9.69 Å². The number of hydrogen-bond acceptors (Lipinski definition) is 3. The Morgan fingerprint density at radius 3 is 2.08 bits per heavy atom. The van der Waals surface area contributed by atoms with Crippen LogP contribution in [0, 0.1) is 5.92 Å². The van der Waals surface area contributed by atoms with Gasteiger partial charge in [-0.25, -0.2) is 0 Å². The summed E-state index contributed by atoms with van der Waals surface area (Å²) in [6.07, 6.45) is 5.03. The van der Waals surface area contributed by atoms with Crippen molar-refractivity contribution in [2.75, 3.05) is 44.2 Å². The second-order valence-electron chi connectivity index (χ2n) is 10.8. The maximum atomic E-state index is 12.8. The zero-order chi connectivity index (χ0) is 24.3. The second-order valence-corrected chi connectivity index (χ2v) is 10.8. The maximum Gasteiger partial charge on any atom is 0.254 e. The Morgan fingerprint density at radius 1 is 0.806 bits per heavy atom. The number of piperazine rings is 1. The van der Waals surface area contributed by atoms with Crippen molar-refractivity contribution in [3.8, 4) is 0 Å². The van der Waals surface area contributed by atoms with Crippen LogP contribution < -0.4 is 4.90 Å². The summed E-state index contributed by atoms with van der Waals surface area (Å²) in [5.41, 5.74) is 6.22. The number of anilines is 1. The first kappa shape index (κ1) is 23.3. The SMILES string of the molecule is O=C1c2ccc(N3CCN(CCC(c4ccccc4)c4ccccc4)CC3)cc2CN1CC1CCC1. The number of benzene rings is 3. The molecule has 0 aromatic heterocycles. The molecule has 3 aromatic rings. The lowest BCUT2D eigenvalue weighted by molar-refractivity contribution is 0.0720. The third-order valence-corrected chi connectivity index (χ3v) is 8.55. The fraction of sp³-hybridized carbons (Fsp3) is 0.406. The van der Waals surface area contributed by atoms with Crippen molar-refractivity contribution >= 4 is 11.6 Å². The molecule has 0 atom stereocenters. The molecule has 186 valence electrons. The highest BCUT2D eigenvalue weighted by Gasteiger charge is 2.31. The minimum absolute atomic E-state index is 0.236. The van der Waals surface area contributed by atoms with Crippen molar-refractivity contribution in [2.24, 2.45) is 5.92 Å². The van der Waals surface area contributed by atoms with Crippen molar-refractivity contribution in [1.29, 1.82) is 0 Å². The Labute approximate surface area is 215 Å². The van der Waals surface area contributed by atoms with Crippen molar-refractivity contribution in [3.63, 3.8) is 0 Å². The highest BCUT2D eigenvalue weighted by molar-refractivity contribution is 5.98. The van der Waals surface area contributed by atoms with E-state index in [0.29, 0.717) is 5.92 Å². The van der Waals surface area contributed by atoms with Crippen LogP contribution in [-0.2, 0) is 6.54 Å². The quantitative estimate of drug-likeness (QED) is 0.409. The number of carbonyl (C=O) groups is 1. The highest BCUT2D eigenvalue weighted by atomic mass is 16.2. The van der Waals surface area contributed by atoms with Gasteiger partial charge in [0.15, 0.2) is 0 Å². The molecule has 4 heteroatoms. The predicted octanol–water partition coefficient (Wildman–Crippen LogP) is 5.79. The summed E-state index contributed by atoms with van der Waals surface area (Å²) in [5, 5.41) is 0. The zero-order valence-electron chi connectivity index (χ0n) is 21.2. The number of nitrogens with zero attached hydrogens (tertiary/aromatic N) is 3. The van der Waals surface area contributed by atoms with E-state index >= 15 is 0 Å². The summed E-state index contributed by atoms with van der Waals surface area (Å²) >= 11 is 0. The first-order chi connectivity index (χ1) is 17.7. The summed E-state index contributed by atoms with van der Waals surface area (Å²) in [7, 11) is 0. The third kappa shape index (κ3) is 4.92. The summed E-state index contributed by atoms with van der Waals surface area (Å²) < 4.78 is 0. The van der Waals surface area contributed by atoms with Crippen LogP contribution in [0.2, 0.25) is 0 Å². The summed E-state index contributed by atoms with van der Waals surface area (Å²) in [5.74, 6) is 1.39. The van der Waals surface area contributed by atoms with Crippen LogP contribution in [0.25, 0.3) is 0 Å². The molecule has 1 saturated heterocycles. The van der Waals surface area contributed by atoms with Gasteiger partial charge in [-0.15, -0.1) is 0 Å². The molecule has 1 saturated carbocycles. The van der Waals surface area contributed by atoms with Gasteiger partial charge >= 0.3 is 0 Å². The molecule has 6 rings (SSSR count). The van der Waals surface area contributed by atoms with Crippen molar-refractivity contribution in [3.05, 3.63) is 101 Å². The molecule has 0 spiro atoms. The van der Waals surface area contributed by atoms with E-state index in [9.17, 15) is 4.79 Å². The van der Waals surface area contributed by atoms with E-state index in [1.165, 1.54) is 41.6 Å². The molecule has 36 heavy (non-hydrogen) atoms. The van der Waals surface area contributed by atoms with Crippen LogP contribution in [0.15, 0.2) is 78.9 Å². The molecule has 0 unspecified atom stereocenters. The van der Waals surface area contributed by atoms with Crippen LogP contribution in [0.5, 0.6) is 0 Å². The molecule has 1 aliphatic carbocycles. The summed E-state index contributed by atoms with van der Waals surface area (Å²) in [6.45, 7) is 7.09. The van der Waals surface area contributed by atoms with E-state index in [2.05, 4.69) is 93.6 Å². The smallest absolute Gasteiger partial charge is 0.254 e. The number of carbonyl (C=O) groups excluding carboxylic acids is 1. The molecule has 3 aliphatic rings. The van der Waals surface area contributed by atoms with Gasteiger partial charge in [-0.2, -0.15) is 0 Å². The molecule has 0 N–H and O–H groups in total. The van der Waals surface area contributed by atoms with E-state index in [4.69, 9.17) is 0 Å². The van der Waals surface area contributed by atoms with E-state index < -0.39 is 0 Å². The minimum Gasteiger partial charge on any atom is -0.369 e. The lowest BCUT2D eigenvalue weighted by Gasteiger charge is -2.37. The Morgan fingerprint density at radius 2 is 1.47 bits per heavy atom. The fourth-order valence-corrected chi connectivity index (χ4v) is 6.14. The number of rotatable bonds is 8. The van der Waals surface area contributed by atoms with Gasteiger partial charge in [0.05, 0.1) is 0 Å². The Kier molecular flexibility index (Phi) is 6.78. The van der Waals surface area contributed by atoms with E-state index in [1.54, 1.807) is 0 Å². The molecular weight excluding hydrogens is 442 g/mol. The van der Waals surface area contributed by atoms with Crippen LogP contribution >= 0.6 is 0 Å². The zero-order valence-corrected chi connectivity index (χ0v) is 21.2. The van der Waals surface area contributed by atoms with Crippen LogP contribution in [0.3, 0.4) is 0 Å². The summed E-state index contributed by atoms with van der Waals surface area (Å²) in [6, 6.07) is 28.4. The normalized spacial score (nSPS) is 18.5. The minimum atomic E-state index is 0.236. The summed E-state index contributed by atoms with van der Waals surface area (Å²) in [4.78, 5) is 20.0. The fourth-order valence-electron chi connectivity index (χ4n) is 6.14. The first-order valence-electron chi connectivity index (χ1n) is 13.7. The molecule has 0 radical (unpaired) electrons. The van der Waals surface area contributed by atoms with Gasteiger partial charge in [0.25, 0.3) is 5.91 Å². The average molecular weight is 480 g/mol. The van der Waals surface area contributed by atoms with Crippen LogP contribution in [-0.4, -0.2) is 55.0 Å². The monoisotopic (exact) mass is 479 g/mol. The van der Waals surface area contributed by atoms with Gasteiger partial charge in [-0.1, -0.05) is 67.1 Å². The van der Waals surface area contributed by atoms with Crippen molar-refractivity contribution < 1.29 is 4.79 Å². The topological polar surface area (TPSA) is 26.8 Å². The molecule has 2 heterocycles. The number of amides is 1. The molecule has 2 fully saturated rings. The Hall–Kier alpha value is -3.11. The third-order valence-electron chi connectivity index (χ3n) is 8.55. The standard InChI is InChI=1S/C32H37N3O/c36-32-31-15-14-29(22-28(31)24-35(32)23-25-8-7-9-25)34-20-18-33(19-21-34)17-16-30(26-10-3-1-4-11-26)27-12-5-2-6-13-27/h1-6,10-15,22,25,30H,7-9,16-21,23-24H2. The number of fused-ring (bicyclic) bond motifs is 1. The first-order valence-corrected chi connectivity index (χ1v) is 13.7. The van der Waals surface area contributed by atoms with Gasteiger partial charge in [0.2, 0.25) is 0 Å². The number of hydrogen-bond donors (Lipinski definition) is 0. The van der Waals surface area contributed by atoms with Gasteiger partial charge in [0.1, 0.15) is 0 Å². The molecule has 0 bridgehead atoms. The van der Waals surface area contributed by atoms with Crippen molar-refractivity contribution in [1.82, 2.24) is 9.80 Å². The molecule has 1 amide bonds. The molecular formula is C32H37N3O. The Balaban J connectivity index is 1.05. The van der Waals surface area contributed by atoms with E-state index in [0.717, 1.165) is 63.7 Å². The molecule has 2 aliphatic heterocycles. The largest absolute Gasteiger partial charge is 0.369 e.